The Hall–Kier alpha value is -1.13. The minimum atomic E-state index is 0.527. The zero-order valence-corrected chi connectivity index (χ0v) is 10.8. The molecule has 2 aromatic rings. The molecule has 3 rings (SSSR count). The third-order valence-electron chi connectivity index (χ3n) is 2.72. The average molecular weight is 266 g/mol. The van der Waals surface area contributed by atoms with Gasteiger partial charge in [0.05, 0.1) is 0 Å². The summed E-state index contributed by atoms with van der Waals surface area (Å²) in [6, 6.07) is 8.04. The smallest absolute Gasteiger partial charge is 0.207 e. The third-order valence-corrected chi connectivity index (χ3v) is 3.67. The zero-order valence-electron chi connectivity index (χ0n) is 9.19. The molecule has 5 heteroatoms. The maximum absolute atomic E-state index is 5.80. The van der Waals surface area contributed by atoms with Crippen molar-refractivity contribution in [2.75, 3.05) is 5.32 Å². The third kappa shape index (κ3) is 2.58. The fourth-order valence-corrected chi connectivity index (χ4v) is 2.48. The van der Waals surface area contributed by atoms with Crippen LogP contribution >= 0.6 is 23.1 Å². The fourth-order valence-electron chi connectivity index (χ4n) is 1.65. The standard InChI is InChI=1S/C12H12ClN3S/c13-7-8-2-1-3-10(6-8)14-12-15-11(16-17-12)9-4-5-9/h1-3,6,9H,4-5,7H2,(H,14,15,16). The van der Waals surface area contributed by atoms with Gasteiger partial charge in [-0.05, 0) is 30.5 Å². The van der Waals surface area contributed by atoms with Crippen molar-refractivity contribution in [2.24, 2.45) is 0 Å². The lowest BCUT2D eigenvalue weighted by Crippen LogP contribution is -1.91. The molecule has 3 nitrogen and oxygen atoms in total. The second-order valence-corrected chi connectivity index (χ2v) is 5.21. The molecule has 0 atom stereocenters. The molecule has 0 bridgehead atoms. The normalized spacial score (nSPS) is 14.9. The summed E-state index contributed by atoms with van der Waals surface area (Å²) in [5, 5.41) is 4.13. The number of hydrogen-bond acceptors (Lipinski definition) is 4. The van der Waals surface area contributed by atoms with Crippen molar-refractivity contribution >= 4 is 34.0 Å². The Kier molecular flexibility index (Phi) is 2.99. The van der Waals surface area contributed by atoms with Crippen LogP contribution in [0.4, 0.5) is 10.8 Å². The van der Waals surface area contributed by atoms with E-state index in [1.165, 1.54) is 24.4 Å². The predicted octanol–water partition coefficient (Wildman–Crippen LogP) is 3.90. The van der Waals surface area contributed by atoms with Crippen LogP contribution in [0, 0.1) is 0 Å². The summed E-state index contributed by atoms with van der Waals surface area (Å²) in [4.78, 5) is 4.49. The first kappa shape index (κ1) is 11.0. The number of nitrogens with zero attached hydrogens (tertiary/aromatic N) is 2. The van der Waals surface area contributed by atoms with E-state index in [0.717, 1.165) is 22.2 Å². The summed E-state index contributed by atoms with van der Waals surface area (Å²) in [6.07, 6.45) is 2.47. The topological polar surface area (TPSA) is 37.8 Å². The summed E-state index contributed by atoms with van der Waals surface area (Å²) in [5.41, 5.74) is 2.12. The molecule has 1 N–H and O–H groups in total. The highest BCUT2D eigenvalue weighted by Crippen LogP contribution is 2.39. The van der Waals surface area contributed by atoms with Gasteiger partial charge in [-0.25, -0.2) is 4.98 Å². The summed E-state index contributed by atoms with van der Waals surface area (Å²) < 4.78 is 4.36. The van der Waals surface area contributed by atoms with Crippen LogP contribution < -0.4 is 5.32 Å². The highest BCUT2D eigenvalue weighted by atomic mass is 35.5. The van der Waals surface area contributed by atoms with Gasteiger partial charge in [-0.15, -0.1) is 11.6 Å². The minimum Gasteiger partial charge on any atom is -0.330 e. The Morgan fingerprint density at radius 1 is 1.41 bits per heavy atom. The van der Waals surface area contributed by atoms with E-state index >= 15 is 0 Å². The Morgan fingerprint density at radius 3 is 3.06 bits per heavy atom. The number of nitrogens with one attached hydrogen (secondary N) is 1. The molecule has 0 amide bonds. The van der Waals surface area contributed by atoms with Gasteiger partial charge in [0.25, 0.3) is 0 Å². The van der Waals surface area contributed by atoms with Gasteiger partial charge in [-0.3, -0.25) is 0 Å². The van der Waals surface area contributed by atoms with E-state index in [4.69, 9.17) is 11.6 Å². The van der Waals surface area contributed by atoms with Crippen molar-refractivity contribution in [3.63, 3.8) is 0 Å². The van der Waals surface area contributed by atoms with E-state index in [-0.39, 0.29) is 0 Å². The molecular weight excluding hydrogens is 254 g/mol. The molecule has 0 unspecified atom stereocenters. The Labute approximate surface area is 109 Å². The first-order chi connectivity index (χ1) is 8.35. The number of alkyl halides is 1. The minimum absolute atomic E-state index is 0.527. The highest BCUT2D eigenvalue weighted by Gasteiger charge is 2.27. The maximum Gasteiger partial charge on any atom is 0.207 e. The van der Waals surface area contributed by atoms with Crippen LogP contribution in [0.3, 0.4) is 0 Å². The second kappa shape index (κ2) is 4.63. The Morgan fingerprint density at radius 2 is 2.29 bits per heavy atom. The van der Waals surface area contributed by atoms with Crippen molar-refractivity contribution in [1.82, 2.24) is 9.36 Å². The first-order valence-electron chi connectivity index (χ1n) is 5.60. The van der Waals surface area contributed by atoms with Crippen LogP contribution in [0.2, 0.25) is 0 Å². The molecule has 1 saturated carbocycles. The molecule has 1 fully saturated rings. The molecule has 0 spiro atoms. The van der Waals surface area contributed by atoms with Gasteiger partial charge < -0.3 is 5.32 Å². The molecular formula is C12H12ClN3S. The van der Waals surface area contributed by atoms with Crippen molar-refractivity contribution < 1.29 is 0 Å². The van der Waals surface area contributed by atoms with Gasteiger partial charge in [-0.1, -0.05) is 12.1 Å². The summed E-state index contributed by atoms with van der Waals surface area (Å²) >= 11 is 7.22. The highest BCUT2D eigenvalue weighted by molar-refractivity contribution is 7.09. The van der Waals surface area contributed by atoms with Gasteiger partial charge in [0.15, 0.2) is 0 Å². The molecule has 0 saturated heterocycles. The molecule has 1 aromatic carbocycles. The van der Waals surface area contributed by atoms with Crippen molar-refractivity contribution in [2.45, 2.75) is 24.6 Å². The van der Waals surface area contributed by atoms with E-state index in [2.05, 4.69) is 14.7 Å². The number of aromatic nitrogens is 2. The van der Waals surface area contributed by atoms with Crippen LogP contribution in [0.1, 0.15) is 30.1 Å². The van der Waals surface area contributed by atoms with Gasteiger partial charge in [0, 0.05) is 29.0 Å². The van der Waals surface area contributed by atoms with E-state index in [0.29, 0.717) is 11.8 Å². The van der Waals surface area contributed by atoms with Crippen LogP contribution in [0.5, 0.6) is 0 Å². The van der Waals surface area contributed by atoms with E-state index < -0.39 is 0 Å². The second-order valence-electron chi connectivity index (χ2n) is 4.19. The van der Waals surface area contributed by atoms with Crippen molar-refractivity contribution in [3.8, 4) is 0 Å². The van der Waals surface area contributed by atoms with E-state index in [1.54, 1.807) is 0 Å². The Bertz CT molecular complexity index is 522. The van der Waals surface area contributed by atoms with Gasteiger partial charge in [0.1, 0.15) is 5.82 Å². The number of anilines is 2. The van der Waals surface area contributed by atoms with E-state index in [9.17, 15) is 0 Å². The first-order valence-corrected chi connectivity index (χ1v) is 6.91. The molecule has 1 aromatic heterocycles. The van der Waals surface area contributed by atoms with Gasteiger partial charge >= 0.3 is 0 Å². The van der Waals surface area contributed by atoms with Crippen LogP contribution in [0.25, 0.3) is 0 Å². The van der Waals surface area contributed by atoms with Gasteiger partial charge in [0.2, 0.25) is 5.13 Å². The van der Waals surface area contributed by atoms with Crippen LogP contribution in [-0.4, -0.2) is 9.36 Å². The molecule has 1 aliphatic rings. The summed E-state index contributed by atoms with van der Waals surface area (Å²) in [5.74, 6) is 2.13. The van der Waals surface area contributed by atoms with Crippen LogP contribution in [0.15, 0.2) is 24.3 Å². The van der Waals surface area contributed by atoms with Crippen LogP contribution in [-0.2, 0) is 5.88 Å². The number of rotatable bonds is 4. The zero-order chi connectivity index (χ0) is 11.7. The summed E-state index contributed by atoms with van der Waals surface area (Å²) in [7, 11) is 0. The average Bonchev–Trinajstić information content (AvgIpc) is 3.11. The molecule has 0 aliphatic heterocycles. The molecule has 0 radical (unpaired) electrons. The molecule has 1 aliphatic carbocycles. The lowest BCUT2D eigenvalue weighted by molar-refractivity contribution is 0.987. The fraction of sp³-hybridized carbons (Fsp3) is 0.333. The molecule has 17 heavy (non-hydrogen) atoms. The predicted molar refractivity (Wildman–Crippen MR) is 71.2 cm³/mol. The monoisotopic (exact) mass is 265 g/mol. The van der Waals surface area contributed by atoms with E-state index in [1.807, 2.05) is 24.3 Å². The lowest BCUT2D eigenvalue weighted by Gasteiger charge is -2.03. The largest absolute Gasteiger partial charge is 0.330 e. The van der Waals surface area contributed by atoms with Crippen molar-refractivity contribution in [1.29, 1.82) is 0 Å². The SMILES string of the molecule is ClCc1cccc(Nc2nc(C3CC3)ns2)c1. The number of halogens is 1. The summed E-state index contributed by atoms with van der Waals surface area (Å²) in [6.45, 7) is 0. The maximum atomic E-state index is 5.80. The molecule has 88 valence electrons. The quantitative estimate of drug-likeness (QED) is 0.852. The Balaban J connectivity index is 1.75. The van der Waals surface area contributed by atoms with Gasteiger partial charge in [-0.2, -0.15) is 4.37 Å². The molecule has 1 heterocycles. The number of hydrogen-bond donors (Lipinski definition) is 1. The lowest BCUT2D eigenvalue weighted by atomic mass is 10.2. The number of benzene rings is 1. The van der Waals surface area contributed by atoms with Crippen molar-refractivity contribution in [3.05, 3.63) is 35.7 Å².